The minimum Gasteiger partial charge on any atom is -0.355 e. The lowest BCUT2D eigenvalue weighted by Gasteiger charge is -2.22. The zero-order valence-corrected chi connectivity index (χ0v) is 10.7. The number of aromatic nitrogens is 2. The smallest absolute Gasteiger partial charge is 0.158 e. The molecule has 0 radical (unpaired) electrons. The second-order valence-electron chi connectivity index (χ2n) is 4.07. The largest absolute Gasteiger partial charge is 0.355 e. The van der Waals surface area contributed by atoms with Crippen molar-refractivity contribution in [2.24, 2.45) is 0 Å². The van der Waals surface area contributed by atoms with Gasteiger partial charge in [-0.3, -0.25) is 0 Å². The minimum absolute atomic E-state index is 0.375. The Bertz CT molecular complexity index is 345. The number of nitrogens with zero attached hydrogens (tertiary/aromatic N) is 4. The molecule has 1 rings (SSSR count). The van der Waals surface area contributed by atoms with E-state index in [0.29, 0.717) is 5.69 Å². The third-order valence-electron chi connectivity index (χ3n) is 2.64. The van der Waals surface area contributed by atoms with Crippen molar-refractivity contribution in [2.45, 2.75) is 39.5 Å². The van der Waals surface area contributed by atoms with Gasteiger partial charge in [0.05, 0.1) is 12.4 Å². The van der Waals surface area contributed by atoms with Crippen LogP contribution in [-0.2, 0) is 0 Å². The normalized spacial score (nSPS) is 9.94. The Labute approximate surface area is 103 Å². The molecule has 0 unspecified atom stereocenters. The topological polar surface area (TPSA) is 52.8 Å². The maximum atomic E-state index is 8.68. The van der Waals surface area contributed by atoms with E-state index in [1.165, 1.54) is 12.8 Å². The number of hydrogen-bond donors (Lipinski definition) is 0. The fraction of sp³-hybridized carbons (Fsp3) is 0.615. The van der Waals surface area contributed by atoms with Crippen molar-refractivity contribution < 1.29 is 0 Å². The molecule has 0 aliphatic heterocycles. The van der Waals surface area contributed by atoms with Crippen LogP contribution in [0.1, 0.15) is 45.2 Å². The van der Waals surface area contributed by atoms with E-state index in [-0.39, 0.29) is 0 Å². The van der Waals surface area contributed by atoms with E-state index in [0.717, 1.165) is 31.7 Å². The Morgan fingerprint density at radius 2 is 1.76 bits per heavy atom. The zero-order chi connectivity index (χ0) is 12.5. The summed E-state index contributed by atoms with van der Waals surface area (Å²) < 4.78 is 0. The highest BCUT2D eigenvalue weighted by atomic mass is 15.2. The molecule has 0 fully saturated rings. The Morgan fingerprint density at radius 1 is 1.12 bits per heavy atom. The molecule has 0 spiro atoms. The first kappa shape index (κ1) is 13.4. The maximum absolute atomic E-state index is 8.68. The summed E-state index contributed by atoms with van der Waals surface area (Å²) in [6.45, 7) is 6.39. The molecule has 1 heterocycles. The Morgan fingerprint density at radius 3 is 2.18 bits per heavy atom. The lowest BCUT2D eigenvalue weighted by Crippen LogP contribution is -2.26. The van der Waals surface area contributed by atoms with E-state index in [4.69, 9.17) is 5.26 Å². The van der Waals surface area contributed by atoms with Crippen LogP contribution < -0.4 is 4.90 Å². The Kier molecular flexibility index (Phi) is 6.02. The van der Waals surface area contributed by atoms with Crippen molar-refractivity contribution in [1.82, 2.24) is 9.97 Å². The second-order valence-corrected chi connectivity index (χ2v) is 4.07. The molecule has 0 atom stereocenters. The molecule has 1 aromatic rings. The SMILES string of the molecule is CCCCN(CCCC)c1cnc(C#N)cn1. The summed E-state index contributed by atoms with van der Waals surface area (Å²) in [6.07, 6.45) is 7.90. The van der Waals surface area contributed by atoms with Gasteiger partial charge in [-0.05, 0) is 12.8 Å². The van der Waals surface area contributed by atoms with Gasteiger partial charge in [-0.15, -0.1) is 0 Å². The number of rotatable bonds is 7. The van der Waals surface area contributed by atoms with Gasteiger partial charge in [0.25, 0.3) is 0 Å². The number of nitriles is 1. The van der Waals surface area contributed by atoms with Crippen LogP contribution >= 0.6 is 0 Å². The first-order valence-corrected chi connectivity index (χ1v) is 6.28. The van der Waals surface area contributed by atoms with Gasteiger partial charge in [0.2, 0.25) is 0 Å². The first-order valence-electron chi connectivity index (χ1n) is 6.28. The van der Waals surface area contributed by atoms with Crippen molar-refractivity contribution in [3.05, 3.63) is 18.1 Å². The maximum Gasteiger partial charge on any atom is 0.158 e. The Hall–Kier alpha value is -1.63. The van der Waals surface area contributed by atoms with E-state index in [1.807, 2.05) is 6.07 Å². The molecule has 1 aromatic heterocycles. The molecular formula is C13H20N4. The van der Waals surface area contributed by atoms with Crippen molar-refractivity contribution in [3.8, 4) is 6.07 Å². The predicted molar refractivity (Wildman–Crippen MR) is 68.8 cm³/mol. The van der Waals surface area contributed by atoms with Crippen LogP contribution in [0.3, 0.4) is 0 Å². The molecule has 0 aliphatic rings. The van der Waals surface area contributed by atoms with E-state index < -0.39 is 0 Å². The summed E-state index contributed by atoms with van der Waals surface area (Å²) in [6, 6.07) is 1.99. The van der Waals surface area contributed by atoms with Gasteiger partial charge in [0.15, 0.2) is 5.69 Å². The second kappa shape index (κ2) is 7.61. The minimum atomic E-state index is 0.375. The van der Waals surface area contributed by atoms with Crippen LogP contribution in [0.15, 0.2) is 12.4 Å². The predicted octanol–water partition coefficient (Wildman–Crippen LogP) is 2.75. The number of unbranched alkanes of at least 4 members (excludes halogenated alkanes) is 2. The van der Waals surface area contributed by atoms with E-state index in [9.17, 15) is 0 Å². The third kappa shape index (κ3) is 4.39. The van der Waals surface area contributed by atoms with Crippen LogP contribution in [0, 0.1) is 11.3 Å². The standard InChI is InChI=1S/C13H20N4/c1-3-5-7-17(8-6-4-2)13-11-15-12(9-14)10-16-13/h10-11H,3-8H2,1-2H3. The lowest BCUT2D eigenvalue weighted by molar-refractivity contribution is 0.670. The molecule has 0 aliphatic carbocycles. The van der Waals surface area contributed by atoms with Crippen molar-refractivity contribution in [3.63, 3.8) is 0 Å². The van der Waals surface area contributed by atoms with Crippen LogP contribution in [-0.4, -0.2) is 23.1 Å². The van der Waals surface area contributed by atoms with Gasteiger partial charge in [-0.2, -0.15) is 5.26 Å². The third-order valence-corrected chi connectivity index (χ3v) is 2.64. The van der Waals surface area contributed by atoms with Crippen LogP contribution in [0.2, 0.25) is 0 Å². The van der Waals surface area contributed by atoms with Crippen molar-refractivity contribution >= 4 is 5.82 Å². The van der Waals surface area contributed by atoms with E-state index in [1.54, 1.807) is 12.4 Å². The van der Waals surface area contributed by atoms with Crippen molar-refractivity contribution in [2.75, 3.05) is 18.0 Å². The summed E-state index contributed by atoms with van der Waals surface area (Å²) in [7, 11) is 0. The highest BCUT2D eigenvalue weighted by Crippen LogP contribution is 2.11. The average molecular weight is 232 g/mol. The molecule has 92 valence electrons. The molecule has 0 saturated carbocycles. The fourth-order valence-electron chi connectivity index (χ4n) is 1.58. The van der Waals surface area contributed by atoms with Gasteiger partial charge < -0.3 is 4.90 Å². The highest BCUT2D eigenvalue weighted by Gasteiger charge is 2.07. The fourth-order valence-corrected chi connectivity index (χ4v) is 1.58. The molecule has 0 saturated heterocycles. The van der Waals surface area contributed by atoms with Gasteiger partial charge in [0, 0.05) is 13.1 Å². The molecule has 0 N–H and O–H groups in total. The highest BCUT2D eigenvalue weighted by molar-refractivity contribution is 5.36. The molecular weight excluding hydrogens is 212 g/mol. The summed E-state index contributed by atoms with van der Waals surface area (Å²) in [5.41, 5.74) is 0.375. The molecule has 0 bridgehead atoms. The van der Waals surface area contributed by atoms with Gasteiger partial charge in [0.1, 0.15) is 11.9 Å². The van der Waals surface area contributed by atoms with Crippen LogP contribution in [0.5, 0.6) is 0 Å². The summed E-state index contributed by atoms with van der Waals surface area (Å²) in [4.78, 5) is 10.6. The van der Waals surface area contributed by atoms with Gasteiger partial charge >= 0.3 is 0 Å². The molecule has 4 heteroatoms. The average Bonchev–Trinajstić information content (AvgIpc) is 2.39. The summed E-state index contributed by atoms with van der Waals surface area (Å²) >= 11 is 0. The first-order chi connectivity index (χ1) is 8.31. The Balaban J connectivity index is 2.69. The van der Waals surface area contributed by atoms with Gasteiger partial charge in [-0.1, -0.05) is 26.7 Å². The molecule has 0 amide bonds. The van der Waals surface area contributed by atoms with Crippen LogP contribution in [0.4, 0.5) is 5.82 Å². The quantitative estimate of drug-likeness (QED) is 0.725. The molecule has 17 heavy (non-hydrogen) atoms. The summed E-state index contributed by atoms with van der Waals surface area (Å²) in [5, 5.41) is 8.68. The van der Waals surface area contributed by atoms with Crippen LogP contribution in [0.25, 0.3) is 0 Å². The van der Waals surface area contributed by atoms with Gasteiger partial charge in [-0.25, -0.2) is 9.97 Å². The van der Waals surface area contributed by atoms with E-state index >= 15 is 0 Å². The number of hydrogen-bond acceptors (Lipinski definition) is 4. The number of anilines is 1. The monoisotopic (exact) mass is 232 g/mol. The molecule has 4 nitrogen and oxygen atoms in total. The lowest BCUT2D eigenvalue weighted by atomic mass is 10.2. The van der Waals surface area contributed by atoms with E-state index in [2.05, 4.69) is 28.7 Å². The molecule has 0 aromatic carbocycles. The van der Waals surface area contributed by atoms with Crippen molar-refractivity contribution in [1.29, 1.82) is 5.26 Å². The zero-order valence-electron chi connectivity index (χ0n) is 10.7. The summed E-state index contributed by atoms with van der Waals surface area (Å²) in [5.74, 6) is 0.880.